The third-order valence-corrected chi connectivity index (χ3v) is 6.33. The van der Waals surface area contributed by atoms with Gasteiger partial charge in [0.05, 0.1) is 10.6 Å². The highest BCUT2D eigenvalue weighted by molar-refractivity contribution is 7.92. The summed E-state index contributed by atoms with van der Waals surface area (Å²) in [6.07, 6.45) is 6.29. The van der Waals surface area contributed by atoms with Gasteiger partial charge in [0.15, 0.2) is 0 Å². The molecule has 0 saturated carbocycles. The molecule has 3 heterocycles. The first-order chi connectivity index (χ1) is 14.5. The van der Waals surface area contributed by atoms with E-state index in [-0.39, 0.29) is 10.8 Å². The normalized spacial score (nSPS) is 13.7. The van der Waals surface area contributed by atoms with Crippen molar-refractivity contribution in [1.29, 1.82) is 0 Å². The molecule has 0 bridgehead atoms. The molecular formula is C21H17N5O3S. The van der Waals surface area contributed by atoms with Crippen molar-refractivity contribution in [2.24, 2.45) is 0 Å². The lowest BCUT2D eigenvalue weighted by molar-refractivity contribution is -0.116. The first-order valence-electron chi connectivity index (χ1n) is 9.34. The number of sulfonamides is 1. The van der Waals surface area contributed by atoms with E-state index >= 15 is 0 Å². The van der Waals surface area contributed by atoms with Crippen LogP contribution >= 0.6 is 0 Å². The monoisotopic (exact) mass is 419 g/mol. The molecule has 2 N–H and O–H groups in total. The predicted octanol–water partition coefficient (Wildman–Crippen LogP) is 3.08. The van der Waals surface area contributed by atoms with Crippen LogP contribution in [0, 0.1) is 0 Å². The molecule has 0 saturated heterocycles. The van der Waals surface area contributed by atoms with E-state index in [4.69, 9.17) is 0 Å². The highest BCUT2D eigenvalue weighted by atomic mass is 32.2. The lowest BCUT2D eigenvalue weighted by Crippen LogP contribution is -2.20. The smallest absolute Gasteiger partial charge is 0.261 e. The standard InChI is InChI=1S/C21H17N5O3S/c27-20-9-4-15-12-17(7-8-18(15)23-20)30(28,29)25-16-5-2-14(3-6-16)19-13-26-11-1-10-22-21(26)24-19/h1-3,5-8,10-13,25H,4,9H2,(H,23,27). The van der Waals surface area contributed by atoms with Crippen molar-refractivity contribution in [2.75, 3.05) is 10.0 Å². The van der Waals surface area contributed by atoms with Crippen molar-refractivity contribution in [3.05, 3.63) is 72.7 Å². The Labute approximate surface area is 172 Å². The number of aromatic nitrogens is 3. The fourth-order valence-electron chi connectivity index (χ4n) is 3.42. The highest BCUT2D eigenvalue weighted by Gasteiger charge is 2.20. The van der Waals surface area contributed by atoms with E-state index < -0.39 is 10.0 Å². The Kier molecular flexibility index (Phi) is 4.25. The van der Waals surface area contributed by atoms with Gasteiger partial charge in [0.25, 0.3) is 10.0 Å². The van der Waals surface area contributed by atoms with Crippen LogP contribution < -0.4 is 10.0 Å². The molecule has 0 spiro atoms. The summed E-state index contributed by atoms with van der Waals surface area (Å²) in [5, 5.41) is 2.75. The number of fused-ring (bicyclic) bond motifs is 2. The van der Waals surface area contributed by atoms with Crippen LogP contribution in [0.15, 0.2) is 72.0 Å². The van der Waals surface area contributed by atoms with E-state index in [0.29, 0.717) is 30.0 Å². The molecule has 0 atom stereocenters. The van der Waals surface area contributed by atoms with Crippen molar-refractivity contribution in [2.45, 2.75) is 17.7 Å². The van der Waals surface area contributed by atoms with E-state index in [1.807, 2.05) is 35.0 Å². The van der Waals surface area contributed by atoms with Crippen LogP contribution in [0.25, 0.3) is 17.0 Å². The fourth-order valence-corrected chi connectivity index (χ4v) is 4.53. The third-order valence-electron chi connectivity index (χ3n) is 4.95. The number of imidazole rings is 1. The molecule has 1 amide bonds. The summed E-state index contributed by atoms with van der Waals surface area (Å²) in [5.74, 6) is 0.540. The Hall–Kier alpha value is -3.72. The summed E-state index contributed by atoms with van der Waals surface area (Å²) in [5.41, 5.74) is 3.53. The van der Waals surface area contributed by atoms with E-state index in [9.17, 15) is 13.2 Å². The maximum Gasteiger partial charge on any atom is 0.261 e. The zero-order chi connectivity index (χ0) is 20.7. The van der Waals surface area contributed by atoms with Crippen LogP contribution in [0.4, 0.5) is 11.4 Å². The Morgan fingerprint density at radius 1 is 1.07 bits per heavy atom. The van der Waals surface area contributed by atoms with E-state index in [0.717, 1.165) is 16.8 Å². The number of rotatable bonds is 4. The topological polar surface area (TPSA) is 105 Å². The van der Waals surface area contributed by atoms with Crippen molar-refractivity contribution in [1.82, 2.24) is 14.4 Å². The molecule has 0 fully saturated rings. The largest absolute Gasteiger partial charge is 0.326 e. The number of carbonyl (C=O) groups excluding carboxylic acids is 1. The minimum absolute atomic E-state index is 0.0577. The van der Waals surface area contributed by atoms with Crippen LogP contribution in [0.5, 0.6) is 0 Å². The maximum absolute atomic E-state index is 12.8. The number of benzene rings is 2. The first-order valence-corrected chi connectivity index (χ1v) is 10.8. The molecule has 4 aromatic rings. The summed E-state index contributed by atoms with van der Waals surface area (Å²) in [4.78, 5) is 20.3. The third kappa shape index (κ3) is 3.39. The summed E-state index contributed by atoms with van der Waals surface area (Å²) in [6, 6.07) is 13.6. The summed E-state index contributed by atoms with van der Waals surface area (Å²) in [6.45, 7) is 0. The molecule has 1 aliphatic heterocycles. The molecule has 0 aliphatic carbocycles. The molecule has 8 nitrogen and oxygen atoms in total. The van der Waals surface area contributed by atoms with Crippen LogP contribution in [-0.4, -0.2) is 28.7 Å². The van der Waals surface area contributed by atoms with Gasteiger partial charge in [0, 0.05) is 41.9 Å². The number of hydrogen-bond donors (Lipinski definition) is 2. The molecule has 2 aromatic carbocycles. The molecule has 1 aliphatic rings. The number of hydrogen-bond acceptors (Lipinski definition) is 5. The van der Waals surface area contributed by atoms with Crippen molar-refractivity contribution < 1.29 is 13.2 Å². The molecule has 0 radical (unpaired) electrons. The molecular weight excluding hydrogens is 402 g/mol. The average molecular weight is 419 g/mol. The molecule has 2 aromatic heterocycles. The number of anilines is 2. The van der Waals surface area contributed by atoms with Crippen LogP contribution in [0.2, 0.25) is 0 Å². The van der Waals surface area contributed by atoms with Gasteiger partial charge >= 0.3 is 0 Å². The Balaban J connectivity index is 1.38. The second-order valence-corrected chi connectivity index (χ2v) is 8.69. The van der Waals surface area contributed by atoms with Crippen molar-refractivity contribution in [3.63, 3.8) is 0 Å². The van der Waals surface area contributed by atoms with Gasteiger partial charge in [-0.3, -0.25) is 13.9 Å². The molecule has 0 unspecified atom stereocenters. The predicted molar refractivity (Wildman–Crippen MR) is 113 cm³/mol. The number of amides is 1. The van der Waals surface area contributed by atoms with E-state index in [1.165, 1.54) is 6.07 Å². The van der Waals surface area contributed by atoms with Gasteiger partial charge in [-0.1, -0.05) is 12.1 Å². The second kappa shape index (κ2) is 6.96. The van der Waals surface area contributed by atoms with E-state index in [1.54, 1.807) is 30.5 Å². The summed E-state index contributed by atoms with van der Waals surface area (Å²) >= 11 is 0. The van der Waals surface area contributed by atoms with Crippen molar-refractivity contribution >= 4 is 33.1 Å². The molecule has 9 heteroatoms. The highest BCUT2D eigenvalue weighted by Crippen LogP contribution is 2.27. The molecule has 30 heavy (non-hydrogen) atoms. The summed E-state index contributed by atoms with van der Waals surface area (Å²) < 4.78 is 30.0. The van der Waals surface area contributed by atoms with Crippen LogP contribution in [0.1, 0.15) is 12.0 Å². The van der Waals surface area contributed by atoms with Gasteiger partial charge in [0.2, 0.25) is 11.7 Å². The molecule has 150 valence electrons. The summed E-state index contributed by atoms with van der Waals surface area (Å²) in [7, 11) is -3.75. The van der Waals surface area contributed by atoms with Gasteiger partial charge in [-0.25, -0.2) is 18.4 Å². The lowest BCUT2D eigenvalue weighted by Gasteiger charge is -2.18. The van der Waals surface area contributed by atoms with Gasteiger partial charge in [-0.15, -0.1) is 0 Å². The minimum atomic E-state index is -3.75. The lowest BCUT2D eigenvalue weighted by atomic mass is 10.0. The van der Waals surface area contributed by atoms with Gasteiger partial charge in [-0.05, 0) is 48.4 Å². The number of nitrogens with zero attached hydrogens (tertiary/aromatic N) is 3. The Bertz CT molecular complexity index is 1340. The Morgan fingerprint density at radius 3 is 2.70 bits per heavy atom. The number of aryl methyl sites for hydroxylation is 1. The SMILES string of the molecule is O=C1CCc2cc(S(=O)(=O)Nc3ccc(-c4cn5cccnc5n4)cc3)ccc2N1. The molecule has 5 rings (SSSR count). The van der Waals surface area contributed by atoms with Crippen LogP contribution in [-0.2, 0) is 21.2 Å². The van der Waals surface area contributed by atoms with Crippen molar-refractivity contribution in [3.8, 4) is 11.3 Å². The van der Waals surface area contributed by atoms with Crippen LogP contribution in [0.3, 0.4) is 0 Å². The first kappa shape index (κ1) is 18.3. The fraction of sp³-hybridized carbons (Fsp3) is 0.0952. The minimum Gasteiger partial charge on any atom is -0.326 e. The zero-order valence-corrected chi connectivity index (χ0v) is 16.6. The Morgan fingerprint density at radius 2 is 1.90 bits per heavy atom. The quantitative estimate of drug-likeness (QED) is 0.529. The van der Waals surface area contributed by atoms with Gasteiger partial charge < -0.3 is 5.32 Å². The average Bonchev–Trinajstić information content (AvgIpc) is 3.18. The van der Waals surface area contributed by atoms with Gasteiger partial charge in [0.1, 0.15) is 0 Å². The van der Waals surface area contributed by atoms with E-state index in [2.05, 4.69) is 20.0 Å². The zero-order valence-electron chi connectivity index (χ0n) is 15.7. The second-order valence-electron chi connectivity index (χ2n) is 7.00. The number of nitrogens with one attached hydrogen (secondary N) is 2. The maximum atomic E-state index is 12.8. The van der Waals surface area contributed by atoms with Gasteiger partial charge in [-0.2, -0.15) is 0 Å². The number of carbonyl (C=O) groups is 1.